The Labute approximate surface area is 110 Å². The van der Waals surface area contributed by atoms with Gasteiger partial charge in [-0.2, -0.15) is 0 Å². The molecule has 100 valence electrons. The Morgan fingerprint density at radius 3 is 2.83 bits per heavy atom. The second-order valence-electron chi connectivity index (χ2n) is 3.84. The summed E-state index contributed by atoms with van der Waals surface area (Å²) in [6, 6.07) is 3.34. The van der Waals surface area contributed by atoms with Gasteiger partial charge in [-0.05, 0) is 17.9 Å². The Balaban J connectivity index is 2.21. The molecule has 1 rings (SSSR count). The van der Waals surface area contributed by atoms with Gasteiger partial charge in [0.25, 0.3) is 5.91 Å². The molecule has 0 saturated carbocycles. The fourth-order valence-electron chi connectivity index (χ4n) is 1.36. The first-order chi connectivity index (χ1) is 8.67. The topological polar surface area (TPSA) is 78.4 Å². The number of hydrogen-bond donors (Lipinski definition) is 3. The molecule has 0 aliphatic heterocycles. The smallest absolute Gasteiger partial charge is 0.261 e. The number of thiophene rings is 1. The summed E-state index contributed by atoms with van der Waals surface area (Å²) in [4.78, 5) is 23.7. The average Bonchev–Trinajstić information content (AvgIpc) is 2.89. The van der Waals surface area contributed by atoms with Gasteiger partial charge in [0.15, 0.2) is 0 Å². The number of aliphatic hydroxyl groups is 1. The van der Waals surface area contributed by atoms with Gasteiger partial charge in [0.1, 0.15) is 0 Å². The quantitative estimate of drug-likeness (QED) is 0.684. The maximum Gasteiger partial charge on any atom is 0.261 e. The number of nitrogens with one attached hydrogen (secondary N) is 2. The molecule has 6 heteroatoms. The highest BCUT2D eigenvalue weighted by Crippen LogP contribution is 2.07. The summed E-state index contributed by atoms with van der Waals surface area (Å²) in [5, 5.41) is 16.1. The molecule has 0 radical (unpaired) electrons. The Bertz CT molecular complexity index is 375. The fourth-order valence-corrected chi connectivity index (χ4v) is 2.00. The van der Waals surface area contributed by atoms with Gasteiger partial charge in [0.05, 0.1) is 17.5 Å². The molecule has 0 aromatic carbocycles. The van der Waals surface area contributed by atoms with Crippen LogP contribution in [-0.4, -0.2) is 36.1 Å². The zero-order valence-corrected chi connectivity index (χ0v) is 11.1. The van der Waals surface area contributed by atoms with Crippen LogP contribution < -0.4 is 10.6 Å². The summed E-state index contributed by atoms with van der Waals surface area (Å²) in [6.07, 6.45) is 0.900. The Kier molecular flexibility index (Phi) is 6.38. The van der Waals surface area contributed by atoms with Crippen LogP contribution in [0.15, 0.2) is 17.5 Å². The van der Waals surface area contributed by atoms with Crippen LogP contribution in [0.25, 0.3) is 0 Å². The van der Waals surface area contributed by atoms with Crippen LogP contribution in [0, 0.1) is 0 Å². The molecule has 0 aliphatic rings. The third-order valence-corrected chi connectivity index (χ3v) is 3.33. The molecule has 5 nitrogen and oxygen atoms in total. The van der Waals surface area contributed by atoms with E-state index in [0.717, 1.165) is 0 Å². The molecular weight excluding hydrogens is 252 g/mol. The predicted molar refractivity (Wildman–Crippen MR) is 70.6 cm³/mol. The van der Waals surface area contributed by atoms with Crippen LogP contribution in [0.5, 0.6) is 0 Å². The van der Waals surface area contributed by atoms with Crippen LogP contribution in [-0.2, 0) is 4.79 Å². The normalized spacial score (nSPS) is 11.9. The van der Waals surface area contributed by atoms with Crippen molar-refractivity contribution >= 4 is 23.2 Å². The van der Waals surface area contributed by atoms with Crippen LogP contribution >= 0.6 is 11.3 Å². The van der Waals surface area contributed by atoms with E-state index in [0.29, 0.717) is 17.8 Å². The molecule has 0 aliphatic carbocycles. The maximum atomic E-state index is 11.5. The summed E-state index contributed by atoms with van der Waals surface area (Å²) in [7, 11) is 0. The second kappa shape index (κ2) is 7.84. The van der Waals surface area contributed by atoms with E-state index in [-0.39, 0.29) is 30.9 Å². The molecule has 0 fully saturated rings. The third kappa shape index (κ3) is 4.85. The molecule has 0 saturated heterocycles. The zero-order valence-electron chi connectivity index (χ0n) is 10.3. The van der Waals surface area contributed by atoms with Gasteiger partial charge in [-0.15, -0.1) is 11.3 Å². The average molecular weight is 270 g/mol. The summed E-state index contributed by atoms with van der Waals surface area (Å²) < 4.78 is 0. The van der Waals surface area contributed by atoms with E-state index >= 15 is 0 Å². The predicted octanol–water partition coefficient (Wildman–Crippen LogP) is 0.755. The maximum absolute atomic E-state index is 11.5. The van der Waals surface area contributed by atoms with Gasteiger partial charge in [-0.25, -0.2) is 0 Å². The molecule has 1 aromatic rings. The van der Waals surface area contributed by atoms with Crippen LogP contribution in [0.1, 0.15) is 29.4 Å². The zero-order chi connectivity index (χ0) is 13.4. The second-order valence-corrected chi connectivity index (χ2v) is 4.79. The summed E-state index contributed by atoms with van der Waals surface area (Å²) >= 11 is 1.36. The summed E-state index contributed by atoms with van der Waals surface area (Å²) in [5.41, 5.74) is 0. The third-order valence-electron chi connectivity index (χ3n) is 2.46. The molecule has 1 aromatic heterocycles. The number of carbonyl (C=O) groups is 2. The Hall–Kier alpha value is -1.40. The molecule has 18 heavy (non-hydrogen) atoms. The first kappa shape index (κ1) is 14.7. The van der Waals surface area contributed by atoms with Crippen LogP contribution in [0.3, 0.4) is 0 Å². The number of aliphatic hydroxyl groups excluding tert-OH is 1. The van der Waals surface area contributed by atoms with Gasteiger partial charge >= 0.3 is 0 Å². The standard InChI is InChI=1S/C12H18N2O3S/c1-2-9(8-15)14-11(16)5-6-13-12(17)10-4-3-7-18-10/h3-4,7,9,15H,2,5-6,8H2,1H3,(H,13,17)(H,14,16)/t9-/m0/s1. The van der Waals surface area contributed by atoms with E-state index in [9.17, 15) is 9.59 Å². The number of amides is 2. The minimum Gasteiger partial charge on any atom is -0.394 e. The number of carbonyl (C=O) groups excluding carboxylic acids is 2. The van der Waals surface area contributed by atoms with E-state index in [2.05, 4.69) is 10.6 Å². The lowest BCUT2D eigenvalue weighted by Gasteiger charge is -2.13. The first-order valence-corrected chi connectivity index (χ1v) is 6.77. The number of hydrogen-bond acceptors (Lipinski definition) is 4. The van der Waals surface area contributed by atoms with Crippen molar-refractivity contribution in [2.75, 3.05) is 13.2 Å². The van der Waals surface area contributed by atoms with E-state index < -0.39 is 0 Å². The van der Waals surface area contributed by atoms with Gasteiger partial charge < -0.3 is 15.7 Å². The van der Waals surface area contributed by atoms with Crippen molar-refractivity contribution in [3.05, 3.63) is 22.4 Å². The van der Waals surface area contributed by atoms with Crippen LogP contribution in [0.2, 0.25) is 0 Å². The molecule has 1 heterocycles. The molecular formula is C12H18N2O3S. The van der Waals surface area contributed by atoms with Gasteiger partial charge in [-0.1, -0.05) is 13.0 Å². The van der Waals surface area contributed by atoms with E-state index in [1.807, 2.05) is 12.3 Å². The largest absolute Gasteiger partial charge is 0.394 e. The van der Waals surface area contributed by atoms with Crippen molar-refractivity contribution in [3.63, 3.8) is 0 Å². The molecule has 0 spiro atoms. The lowest BCUT2D eigenvalue weighted by molar-refractivity contribution is -0.122. The number of rotatable bonds is 7. The molecule has 0 unspecified atom stereocenters. The Morgan fingerprint density at radius 1 is 1.50 bits per heavy atom. The Morgan fingerprint density at radius 2 is 2.28 bits per heavy atom. The SMILES string of the molecule is CC[C@@H](CO)NC(=O)CCNC(=O)c1cccs1. The molecule has 0 bridgehead atoms. The lowest BCUT2D eigenvalue weighted by Crippen LogP contribution is -2.38. The van der Waals surface area contributed by atoms with E-state index in [1.165, 1.54) is 11.3 Å². The summed E-state index contributed by atoms with van der Waals surface area (Å²) in [5.74, 6) is -0.325. The first-order valence-electron chi connectivity index (χ1n) is 5.89. The molecule has 3 N–H and O–H groups in total. The highest BCUT2D eigenvalue weighted by Gasteiger charge is 2.10. The minimum atomic E-state index is -0.203. The molecule has 1 atom stereocenters. The monoisotopic (exact) mass is 270 g/mol. The summed E-state index contributed by atoms with van der Waals surface area (Å²) in [6.45, 7) is 2.12. The van der Waals surface area contributed by atoms with Crippen molar-refractivity contribution < 1.29 is 14.7 Å². The highest BCUT2D eigenvalue weighted by atomic mass is 32.1. The van der Waals surface area contributed by atoms with Crippen molar-refractivity contribution in [1.82, 2.24) is 10.6 Å². The van der Waals surface area contributed by atoms with E-state index in [4.69, 9.17) is 5.11 Å². The van der Waals surface area contributed by atoms with Gasteiger partial charge in [-0.3, -0.25) is 9.59 Å². The fraction of sp³-hybridized carbons (Fsp3) is 0.500. The van der Waals surface area contributed by atoms with Crippen molar-refractivity contribution in [2.45, 2.75) is 25.8 Å². The van der Waals surface area contributed by atoms with Crippen LogP contribution in [0.4, 0.5) is 0 Å². The van der Waals surface area contributed by atoms with Gasteiger partial charge in [0.2, 0.25) is 5.91 Å². The lowest BCUT2D eigenvalue weighted by atomic mass is 10.2. The minimum absolute atomic E-state index is 0.0657. The van der Waals surface area contributed by atoms with Crippen molar-refractivity contribution in [2.24, 2.45) is 0 Å². The van der Waals surface area contributed by atoms with Crippen molar-refractivity contribution in [3.8, 4) is 0 Å². The van der Waals surface area contributed by atoms with E-state index in [1.54, 1.807) is 12.1 Å². The van der Waals surface area contributed by atoms with Crippen molar-refractivity contribution in [1.29, 1.82) is 0 Å². The molecule has 2 amide bonds. The highest BCUT2D eigenvalue weighted by molar-refractivity contribution is 7.12. The van der Waals surface area contributed by atoms with Gasteiger partial charge in [0, 0.05) is 13.0 Å².